The first-order chi connectivity index (χ1) is 13.0. The summed E-state index contributed by atoms with van der Waals surface area (Å²) >= 11 is 1.69. The summed E-state index contributed by atoms with van der Waals surface area (Å²) in [6.45, 7) is 4.15. The molecule has 1 aliphatic heterocycles. The van der Waals surface area contributed by atoms with Crippen LogP contribution in [0.15, 0.2) is 53.4 Å². The Morgan fingerprint density at radius 3 is 2.44 bits per heavy atom. The van der Waals surface area contributed by atoms with Crippen molar-refractivity contribution >= 4 is 29.1 Å². The molecule has 1 fully saturated rings. The predicted octanol–water partition coefficient (Wildman–Crippen LogP) is 4.46. The van der Waals surface area contributed by atoms with Crippen molar-refractivity contribution in [1.82, 2.24) is 4.90 Å². The van der Waals surface area contributed by atoms with Gasteiger partial charge in [0.2, 0.25) is 5.91 Å². The van der Waals surface area contributed by atoms with E-state index < -0.39 is 0 Å². The molecule has 0 bridgehead atoms. The van der Waals surface area contributed by atoms with Gasteiger partial charge in [0.15, 0.2) is 5.78 Å². The number of thioether (sulfide) groups is 1. The zero-order valence-corrected chi connectivity index (χ0v) is 16.7. The van der Waals surface area contributed by atoms with E-state index in [1.165, 1.54) is 17.4 Å². The number of likely N-dealkylation sites (tertiary alicyclic amines) is 1. The first-order valence-electron chi connectivity index (χ1n) is 9.32. The molecule has 1 saturated heterocycles. The number of hydrogen-bond donors (Lipinski definition) is 1. The van der Waals surface area contributed by atoms with Crippen LogP contribution in [-0.4, -0.2) is 35.9 Å². The highest BCUT2D eigenvalue weighted by atomic mass is 32.2. The van der Waals surface area contributed by atoms with E-state index in [0.29, 0.717) is 0 Å². The average Bonchev–Trinajstić information content (AvgIpc) is 2.69. The largest absolute Gasteiger partial charge is 0.326 e. The van der Waals surface area contributed by atoms with Crippen molar-refractivity contribution in [3.63, 3.8) is 0 Å². The predicted molar refractivity (Wildman–Crippen MR) is 111 cm³/mol. The van der Waals surface area contributed by atoms with Crippen LogP contribution in [0.25, 0.3) is 0 Å². The van der Waals surface area contributed by atoms with Crippen LogP contribution in [0, 0.1) is 5.92 Å². The minimum Gasteiger partial charge on any atom is -0.326 e. The molecule has 0 aliphatic carbocycles. The molecular formula is C22H26N2O2S. The average molecular weight is 383 g/mol. The third-order valence-corrected chi connectivity index (χ3v) is 5.67. The van der Waals surface area contributed by atoms with Crippen LogP contribution in [0.1, 0.15) is 35.7 Å². The molecule has 1 aliphatic rings. The summed E-state index contributed by atoms with van der Waals surface area (Å²) in [5.41, 5.74) is 2.83. The molecule has 1 N–H and O–H groups in total. The van der Waals surface area contributed by atoms with Gasteiger partial charge in [0.05, 0.1) is 0 Å². The van der Waals surface area contributed by atoms with E-state index in [-0.39, 0.29) is 17.6 Å². The van der Waals surface area contributed by atoms with E-state index >= 15 is 0 Å². The second kappa shape index (κ2) is 9.20. The summed E-state index contributed by atoms with van der Waals surface area (Å²) in [6, 6.07) is 15.9. The number of carbonyl (C=O) groups is 2. The summed E-state index contributed by atoms with van der Waals surface area (Å²) in [5, 5.41) is 2.79. The van der Waals surface area contributed by atoms with Crippen molar-refractivity contribution in [1.29, 1.82) is 0 Å². The fourth-order valence-electron chi connectivity index (χ4n) is 3.56. The SMILES string of the molecule is CSc1ccc(C(=O)[C@H]2CCCN(Cc3ccc(NC(C)=O)cc3)C2)cc1. The highest BCUT2D eigenvalue weighted by molar-refractivity contribution is 7.98. The van der Waals surface area contributed by atoms with Gasteiger partial charge in [-0.25, -0.2) is 0 Å². The van der Waals surface area contributed by atoms with Gasteiger partial charge < -0.3 is 5.32 Å². The Labute approximate surface area is 165 Å². The Morgan fingerprint density at radius 1 is 1.11 bits per heavy atom. The lowest BCUT2D eigenvalue weighted by Crippen LogP contribution is -2.38. The van der Waals surface area contributed by atoms with Gasteiger partial charge in [0, 0.05) is 42.1 Å². The summed E-state index contributed by atoms with van der Waals surface area (Å²) in [5.74, 6) is 0.261. The molecule has 142 valence electrons. The molecule has 3 rings (SSSR count). The van der Waals surface area contributed by atoms with Crippen molar-refractivity contribution in [2.24, 2.45) is 5.92 Å². The quantitative estimate of drug-likeness (QED) is 0.592. The number of benzene rings is 2. The van der Waals surface area contributed by atoms with E-state index in [1.54, 1.807) is 11.8 Å². The fourth-order valence-corrected chi connectivity index (χ4v) is 3.97. The van der Waals surface area contributed by atoms with E-state index in [2.05, 4.69) is 10.2 Å². The number of hydrogen-bond acceptors (Lipinski definition) is 4. The lowest BCUT2D eigenvalue weighted by Gasteiger charge is -2.32. The maximum Gasteiger partial charge on any atom is 0.221 e. The molecule has 0 saturated carbocycles. The van der Waals surface area contributed by atoms with Crippen LogP contribution in [0.3, 0.4) is 0 Å². The van der Waals surface area contributed by atoms with Gasteiger partial charge in [-0.15, -0.1) is 11.8 Å². The summed E-state index contributed by atoms with van der Waals surface area (Å²) in [4.78, 5) is 27.5. The molecule has 0 unspecified atom stereocenters. The zero-order chi connectivity index (χ0) is 19.2. The van der Waals surface area contributed by atoms with Gasteiger partial charge in [0.25, 0.3) is 0 Å². The third kappa shape index (κ3) is 5.44. The van der Waals surface area contributed by atoms with Crippen LogP contribution >= 0.6 is 11.8 Å². The van der Waals surface area contributed by atoms with Crippen LogP contribution in [0.5, 0.6) is 0 Å². The normalized spacial score (nSPS) is 17.5. The molecule has 2 aromatic rings. The van der Waals surface area contributed by atoms with Gasteiger partial charge >= 0.3 is 0 Å². The number of nitrogens with one attached hydrogen (secondary N) is 1. The molecule has 2 aromatic carbocycles. The second-order valence-corrected chi connectivity index (χ2v) is 7.92. The molecule has 0 aromatic heterocycles. The Bertz CT molecular complexity index is 787. The fraction of sp³-hybridized carbons (Fsp3) is 0.364. The number of Topliss-reactive ketones (excluding diaryl/α,β-unsaturated/α-hetero) is 1. The number of rotatable bonds is 6. The molecule has 1 atom stereocenters. The van der Waals surface area contributed by atoms with Crippen LogP contribution in [0.2, 0.25) is 0 Å². The number of carbonyl (C=O) groups excluding carboxylic acids is 2. The zero-order valence-electron chi connectivity index (χ0n) is 15.9. The Balaban J connectivity index is 1.60. The molecule has 27 heavy (non-hydrogen) atoms. The van der Waals surface area contributed by atoms with Crippen LogP contribution in [0.4, 0.5) is 5.69 Å². The molecule has 5 heteroatoms. The Hall–Kier alpha value is -2.11. The van der Waals surface area contributed by atoms with Crippen molar-refractivity contribution in [2.45, 2.75) is 31.2 Å². The molecule has 0 radical (unpaired) electrons. The highest BCUT2D eigenvalue weighted by Gasteiger charge is 2.26. The van der Waals surface area contributed by atoms with E-state index in [1.807, 2.05) is 54.8 Å². The number of piperidine rings is 1. The molecule has 0 spiro atoms. The van der Waals surface area contributed by atoms with Crippen molar-refractivity contribution < 1.29 is 9.59 Å². The first kappa shape index (κ1) is 19.6. The maximum atomic E-state index is 12.9. The van der Waals surface area contributed by atoms with E-state index in [9.17, 15) is 9.59 Å². The lowest BCUT2D eigenvalue weighted by molar-refractivity contribution is -0.114. The summed E-state index contributed by atoms with van der Waals surface area (Å²) in [6.07, 6.45) is 4.04. The Kier molecular flexibility index (Phi) is 6.69. The summed E-state index contributed by atoms with van der Waals surface area (Å²) in [7, 11) is 0. The molecule has 4 nitrogen and oxygen atoms in total. The number of nitrogens with zero attached hydrogens (tertiary/aromatic N) is 1. The van der Waals surface area contributed by atoms with Crippen molar-refractivity contribution in [2.75, 3.05) is 24.7 Å². The smallest absolute Gasteiger partial charge is 0.221 e. The lowest BCUT2D eigenvalue weighted by atomic mass is 9.90. The molecule has 1 amide bonds. The number of amides is 1. The van der Waals surface area contributed by atoms with Gasteiger partial charge in [0.1, 0.15) is 0 Å². The summed E-state index contributed by atoms with van der Waals surface area (Å²) < 4.78 is 0. The first-order valence-corrected chi connectivity index (χ1v) is 10.5. The van der Waals surface area contributed by atoms with Gasteiger partial charge in [-0.2, -0.15) is 0 Å². The van der Waals surface area contributed by atoms with Crippen molar-refractivity contribution in [3.8, 4) is 0 Å². The van der Waals surface area contributed by atoms with Gasteiger partial charge in [-0.05, 0) is 55.5 Å². The third-order valence-electron chi connectivity index (χ3n) is 4.93. The molecule has 1 heterocycles. The van der Waals surface area contributed by atoms with E-state index in [0.717, 1.165) is 43.7 Å². The minimum atomic E-state index is -0.0642. The standard InChI is InChI=1S/C22H26N2O2S/c1-16(25)23-20-9-5-17(6-10-20)14-24-13-3-4-19(15-24)22(26)18-7-11-21(27-2)12-8-18/h5-12,19H,3-4,13-15H2,1-2H3,(H,23,25)/t19-/m0/s1. The number of ketones is 1. The monoisotopic (exact) mass is 382 g/mol. The minimum absolute atomic E-state index is 0.0642. The second-order valence-electron chi connectivity index (χ2n) is 7.05. The molecular weight excluding hydrogens is 356 g/mol. The van der Waals surface area contributed by atoms with Crippen LogP contribution < -0.4 is 5.32 Å². The van der Waals surface area contributed by atoms with Gasteiger partial charge in [-0.3, -0.25) is 14.5 Å². The maximum absolute atomic E-state index is 12.9. The van der Waals surface area contributed by atoms with Gasteiger partial charge in [-0.1, -0.05) is 24.3 Å². The Morgan fingerprint density at radius 2 is 1.81 bits per heavy atom. The van der Waals surface area contributed by atoms with E-state index in [4.69, 9.17) is 0 Å². The van der Waals surface area contributed by atoms with Crippen LogP contribution in [-0.2, 0) is 11.3 Å². The highest BCUT2D eigenvalue weighted by Crippen LogP contribution is 2.24. The van der Waals surface area contributed by atoms with Crippen molar-refractivity contribution in [3.05, 3.63) is 59.7 Å². The topological polar surface area (TPSA) is 49.4 Å². The number of anilines is 1.